The highest BCUT2D eigenvalue weighted by Gasteiger charge is 2.41. The highest BCUT2D eigenvalue weighted by Crippen LogP contribution is 2.35. The van der Waals surface area contributed by atoms with E-state index in [9.17, 15) is 0 Å². The Kier molecular flexibility index (Phi) is 6.73. The Bertz CT molecular complexity index is 790. The molecule has 1 aromatic rings. The van der Waals surface area contributed by atoms with E-state index in [1.165, 1.54) is 11.1 Å². The maximum atomic E-state index is 6.28. The average molecular weight is 418 g/mol. The number of methoxy groups -OCH3 is 2. The van der Waals surface area contributed by atoms with Gasteiger partial charge in [0.2, 0.25) is 0 Å². The molecular weight excluding hydrogens is 388 g/mol. The first-order valence-corrected chi connectivity index (χ1v) is 10.7. The molecule has 5 nitrogen and oxygen atoms in total. The SMILES string of the molecule is COC(C1=CNC2[NH2+]CCC=C12)C1C=CCC(OCc2ccc(Cl)cc2)C1OC. The summed E-state index contributed by atoms with van der Waals surface area (Å²) in [5.41, 5.74) is 3.67. The van der Waals surface area contributed by atoms with Crippen LogP contribution >= 0.6 is 11.6 Å². The van der Waals surface area contributed by atoms with E-state index in [0.717, 1.165) is 30.0 Å². The molecule has 156 valence electrons. The van der Waals surface area contributed by atoms with E-state index in [1.807, 2.05) is 24.3 Å². The Morgan fingerprint density at radius 2 is 2.07 bits per heavy atom. The van der Waals surface area contributed by atoms with Crippen LogP contribution in [0.5, 0.6) is 0 Å². The van der Waals surface area contributed by atoms with Gasteiger partial charge in [-0.2, -0.15) is 0 Å². The molecule has 3 N–H and O–H groups in total. The minimum atomic E-state index is -0.0784. The van der Waals surface area contributed by atoms with Crippen molar-refractivity contribution < 1.29 is 19.5 Å². The maximum absolute atomic E-state index is 6.28. The molecule has 6 heteroatoms. The molecule has 1 aromatic carbocycles. The standard InChI is InChI=1S/C23H29ClN2O3/c1-27-21(19-13-26-23-17(19)6-4-12-25-23)18-5-3-7-20(22(18)28-2)29-14-15-8-10-16(24)11-9-15/h3,5-6,8-11,13,18,20-23,25-26H,4,7,12,14H2,1-2H3/p+1. The summed E-state index contributed by atoms with van der Waals surface area (Å²) < 4.78 is 18.2. The van der Waals surface area contributed by atoms with E-state index in [2.05, 4.69) is 35.1 Å². The second-order valence-electron chi connectivity index (χ2n) is 7.79. The number of halogens is 1. The van der Waals surface area contributed by atoms with Crippen molar-refractivity contribution in [3.05, 3.63) is 70.4 Å². The van der Waals surface area contributed by atoms with Crippen LogP contribution in [0.4, 0.5) is 0 Å². The van der Waals surface area contributed by atoms with Crippen LogP contribution in [0.2, 0.25) is 5.02 Å². The molecule has 3 aliphatic rings. The molecule has 0 saturated heterocycles. The van der Waals surface area contributed by atoms with Gasteiger partial charge in [0.1, 0.15) is 0 Å². The number of hydrogen-bond donors (Lipinski definition) is 2. The quantitative estimate of drug-likeness (QED) is 0.669. The summed E-state index contributed by atoms with van der Waals surface area (Å²) in [6, 6.07) is 7.78. The van der Waals surface area contributed by atoms with Gasteiger partial charge >= 0.3 is 0 Å². The third-order valence-corrected chi connectivity index (χ3v) is 6.30. The minimum absolute atomic E-state index is 0.0269. The van der Waals surface area contributed by atoms with Gasteiger partial charge in [-0.25, -0.2) is 0 Å². The molecule has 0 fully saturated rings. The molecule has 0 bridgehead atoms. The normalized spacial score (nSPS) is 29.6. The highest BCUT2D eigenvalue weighted by molar-refractivity contribution is 6.30. The first-order chi connectivity index (χ1) is 14.2. The van der Waals surface area contributed by atoms with Gasteiger partial charge in [0.15, 0.2) is 6.17 Å². The summed E-state index contributed by atoms with van der Waals surface area (Å²) in [6.45, 7) is 1.65. The van der Waals surface area contributed by atoms with Crippen molar-refractivity contribution >= 4 is 11.6 Å². The molecule has 4 rings (SSSR count). The van der Waals surface area contributed by atoms with E-state index in [1.54, 1.807) is 14.2 Å². The minimum Gasteiger partial charge on any atom is -0.378 e. The van der Waals surface area contributed by atoms with Gasteiger partial charge < -0.3 is 24.8 Å². The van der Waals surface area contributed by atoms with Gasteiger partial charge in [-0.15, -0.1) is 0 Å². The van der Waals surface area contributed by atoms with Gasteiger partial charge in [-0.3, -0.25) is 0 Å². The van der Waals surface area contributed by atoms with Gasteiger partial charge in [-0.1, -0.05) is 42.0 Å². The number of fused-ring (bicyclic) bond motifs is 1. The van der Waals surface area contributed by atoms with Crippen LogP contribution in [-0.2, 0) is 20.8 Å². The molecule has 0 amide bonds. The lowest BCUT2D eigenvalue weighted by atomic mass is 9.81. The van der Waals surface area contributed by atoms with Crippen LogP contribution in [-0.4, -0.2) is 45.2 Å². The Morgan fingerprint density at radius 3 is 2.83 bits per heavy atom. The zero-order valence-electron chi connectivity index (χ0n) is 17.0. The van der Waals surface area contributed by atoms with Crippen LogP contribution in [0.25, 0.3) is 0 Å². The molecule has 5 unspecified atom stereocenters. The van der Waals surface area contributed by atoms with E-state index in [-0.39, 0.29) is 24.2 Å². The van der Waals surface area contributed by atoms with Gasteiger partial charge in [0.05, 0.1) is 31.5 Å². The Labute approximate surface area is 177 Å². The van der Waals surface area contributed by atoms with Gasteiger partial charge in [0, 0.05) is 48.9 Å². The fraction of sp³-hybridized carbons (Fsp3) is 0.478. The molecule has 2 aliphatic heterocycles. The first-order valence-electron chi connectivity index (χ1n) is 10.3. The van der Waals surface area contributed by atoms with Crippen molar-refractivity contribution in [1.82, 2.24) is 5.32 Å². The number of quaternary nitrogens is 1. The highest BCUT2D eigenvalue weighted by atomic mass is 35.5. The van der Waals surface area contributed by atoms with E-state index in [0.29, 0.717) is 12.8 Å². The summed E-state index contributed by atoms with van der Waals surface area (Å²) in [6.07, 6.45) is 10.9. The van der Waals surface area contributed by atoms with Crippen LogP contribution in [0.1, 0.15) is 18.4 Å². The van der Waals surface area contributed by atoms with Crippen LogP contribution < -0.4 is 10.6 Å². The monoisotopic (exact) mass is 417 g/mol. The van der Waals surface area contributed by atoms with Crippen molar-refractivity contribution in [1.29, 1.82) is 0 Å². The third kappa shape index (κ3) is 4.44. The molecule has 1 aliphatic carbocycles. The second-order valence-corrected chi connectivity index (χ2v) is 8.23. The Hall–Kier alpha value is -1.63. The number of nitrogens with two attached hydrogens (primary N) is 1. The number of rotatable bonds is 7. The van der Waals surface area contributed by atoms with Crippen LogP contribution in [0.15, 0.2) is 59.8 Å². The molecule has 0 spiro atoms. The first kappa shape index (κ1) is 20.6. The largest absolute Gasteiger partial charge is 0.378 e. The summed E-state index contributed by atoms with van der Waals surface area (Å²) in [7, 11) is 3.55. The molecule has 0 saturated carbocycles. The van der Waals surface area contributed by atoms with E-state index in [4.69, 9.17) is 25.8 Å². The van der Waals surface area contributed by atoms with Crippen LogP contribution in [0.3, 0.4) is 0 Å². The van der Waals surface area contributed by atoms with Gasteiger partial charge in [-0.05, 0) is 24.1 Å². The van der Waals surface area contributed by atoms with E-state index >= 15 is 0 Å². The van der Waals surface area contributed by atoms with Crippen molar-refractivity contribution in [3.8, 4) is 0 Å². The summed E-state index contributed by atoms with van der Waals surface area (Å²) in [4.78, 5) is 0. The lowest BCUT2D eigenvalue weighted by molar-refractivity contribution is -0.685. The Balaban J connectivity index is 1.48. The Morgan fingerprint density at radius 1 is 1.24 bits per heavy atom. The summed E-state index contributed by atoms with van der Waals surface area (Å²) in [5.74, 6) is 0.0867. The summed E-state index contributed by atoms with van der Waals surface area (Å²) in [5, 5.41) is 6.56. The van der Waals surface area contributed by atoms with Crippen molar-refractivity contribution in [3.63, 3.8) is 0 Å². The fourth-order valence-corrected chi connectivity index (χ4v) is 4.73. The molecule has 2 heterocycles. The number of benzene rings is 1. The topological polar surface area (TPSA) is 56.3 Å². The lowest BCUT2D eigenvalue weighted by Gasteiger charge is -2.38. The average Bonchev–Trinajstić information content (AvgIpc) is 3.18. The fourth-order valence-electron chi connectivity index (χ4n) is 4.60. The predicted octanol–water partition coefficient (Wildman–Crippen LogP) is 2.54. The summed E-state index contributed by atoms with van der Waals surface area (Å²) >= 11 is 5.99. The molecular formula is C23H30ClN2O3+. The van der Waals surface area contributed by atoms with Gasteiger partial charge in [0.25, 0.3) is 0 Å². The molecule has 0 radical (unpaired) electrons. The molecule has 5 atom stereocenters. The van der Waals surface area contributed by atoms with Crippen molar-refractivity contribution in [2.75, 3.05) is 20.8 Å². The molecule has 29 heavy (non-hydrogen) atoms. The van der Waals surface area contributed by atoms with E-state index < -0.39 is 0 Å². The van der Waals surface area contributed by atoms with Crippen molar-refractivity contribution in [2.24, 2.45) is 5.92 Å². The number of ether oxygens (including phenoxy) is 3. The second kappa shape index (κ2) is 9.45. The zero-order valence-corrected chi connectivity index (χ0v) is 17.8. The smallest absolute Gasteiger partial charge is 0.185 e. The number of nitrogens with one attached hydrogen (secondary N) is 1. The lowest BCUT2D eigenvalue weighted by Crippen LogP contribution is -2.93. The maximum Gasteiger partial charge on any atom is 0.185 e. The predicted molar refractivity (Wildman–Crippen MR) is 113 cm³/mol. The van der Waals surface area contributed by atoms with Crippen LogP contribution in [0, 0.1) is 5.92 Å². The zero-order chi connectivity index (χ0) is 20.2. The number of hydrogen-bond acceptors (Lipinski definition) is 4. The van der Waals surface area contributed by atoms with Crippen molar-refractivity contribution in [2.45, 2.75) is 43.9 Å². The third-order valence-electron chi connectivity index (χ3n) is 6.05. The molecule has 0 aromatic heterocycles.